The van der Waals surface area contributed by atoms with Crippen molar-refractivity contribution in [3.05, 3.63) is 28.0 Å². The van der Waals surface area contributed by atoms with Crippen LogP contribution in [0.15, 0.2) is 12.1 Å². The van der Waals surface area contributed by atoms with Crippen molar-refractivity contribution >= 4 is 40.2 Å². The van der Waals surface area contributed by atoms with E-state index in [9.17, 15) is 4.79 Å². The number of imidazole rings is 1. The van der Waals surface area contributed by atoms with Crippen LogP contribution >= 0.6 is 23.2 Å². The molecule has 6 heteroatoms. The largest absolute Gasteiger partial charge is 0.466 e. The molecule has 0 saturated carbocycles. The summed E-state index contributed by atoms with van der Waals surface area (Å²) in [5.41, 5.74) is 1.76. The van der Waals surface area contributed by atoms with Gasteiger partial charge in [0.2, 0.25) is 0 Å². The number of fused-ring (bicyclic) bond motifs is 1. The van der Waals surface area contributed by atoms with Gasteiger partial charge in [-0.2, -0.15) is 0 Å². The number of nitrogens with zero attached hydrogens (tertiary/aromatic N) is 2. The summed E-state index contributed by atoms with van der Waals surface area (Å²) < 4.78 is 6.96. The van der Waals surface area contributed by atoms with Crippen molar-refractivity contribution in [1.82, 2.24) is 9.55 Å². The van der Waals surface area contributed by atoms with E-state index < -0.39 is 0 Å². The third-order valence-corrected chi connectivity index (χ3v) is 3.53. The monoisotopic (exact) mass is 300 g/mol. The SMILES string of the molecule is CC(=O)OCCCn1c(C)nc2cc(Cl)c(Cl)cc21. The van der Waals surface area contributed by atoms with Crippen LogP contribution in [0.2, 0.25) is 10.0 Å². The van der Waals surface area contributed by atoms with Gasteiger partial charge in [0.05, 0.1) is 27.7 Å². The lowest BCUT2D eigenvalue weighted by Crippen LogP contribution is -2.06. The van der Waals surface area contributed by atoms with Crippen LogP contribution in [0.25, 0.3) is 11.0 Å². The Kier molecular flexibility index (Phi) is 4.32. The van der Waals surface area contributed by atoms with Gasteiger partial charge in [-0.1, -0.05) is 23.2 Å². The average molecular weight is 301 g/mol. The Morgan fingerprint density at radius 1 is 1.37 bits per heavy atom. The zero-order valence-electron chi connectivity index (χ0n) is 10.7. The number of ether oxygens (including phenoxy) is 1. The summed E-state index contributed by atoms with van der Waals surface area (Å²) in [5.74, 6) is 0.623. The molecule has 0 fully saturated rings. The van der Waals surface area contributed by atoms with Crippen molar-refractivity contribution < 1.29 is 9.53 Å². The number of hydrogen-bond acceptors (Lipinski definition) is 3. The van der Waals surface area contributed by atoms with Gasteiger partial charge in [0.15, 0.2) is 0 Å². The van der Waals surface area contributed by atoms with E-state index in [2.05, 4.69) is 4.98 Å². The van der Waals surface area contributed by atoms with Crippen LogP contribution in [0.4, 0.5) is 0 Å². The van der Waals surface area contributed by atoms with Crippen LogP contribution < -0.4 is 0 Å². The number of hydrogen-bond donors (Lipinski definition) is 0. The number of carbonyl (C=O) groups excluding carboxylic acids is 1. The number of halogens is 2. The van der Waals surface area contributed by atoms with E-state index in [4.69, 9.17) is 27.9 Å². The molecule has 0 spiro atoms. The maximum atomic E-state index is 10.7. The molecule has 102 valence electrons. The molecule has 0 amide bonds. The molecule has 0 saturated heterocycles. The second-order valence-electron chi connectivity index (χ2n) is 4.26. The number of rotatable bonds is 4. The Labute approximate surface area is 121 Å². The fourth-order valence-electron chi connectivity index (χ4n) is 1.96. The highest BCUT2D eigenvalue weighted by atomic mass is 35.5. The molecule has 0 aliphatic rings. The second kappa shape index (κ2) is 5.80. The zero-order chi connectivity index (χ0) is 14.0. The van der Waals surface area contributed by atoms with E-state index in [0.29, 0.717) is 23.2 Å². The molecule has 1 aromatic carbocycles. The van der Waals surface area contributed by atoms with Crippen LogP contribution in [0.3, 0.4) is 0 Å². The van der Waals surface area contributed by atoms with E-state index in [0.717, 1.165) is 23.3 Å². The van der Waals surface area contributed by atoms with E-state index in [-0.39, 0.29) is 5.97 Å². The molecular weight excluding hydrogens is 287 g/mol. The van der Waals surface area contributed by atoms with Gasteiger partial charge in [-0.15, -0.1) is 0 Å². The van der Waals surface area contributed by atoms with Gasteiger partial charge >= 0.3 is 5.97 Å². The molecule has 2 rings (SSSR count). The molecule has 0 aliphatic heterocycles. The Hall–Kier alpha value is -1.26. The molecule has 0 N–H and O–H groups in total. The first kappa shape index (κ1) is 14.2. The maximum Gasteiger partial charge on any atom is 0.302 e. The summed E-state index contributed by atoms with van der Waals surface area (Å²) >= 11 is 12.0. The Morgan fingerprint density at radius 3 is 2.74 bits per heavy atom. The fourth-order valence-corrected chi connectivity index (χ4v) is 2.28. The summed E-state index contributed by atoms with van der Waals surface area (Å²) in [6, 6.07) is 3.57. The molecule has 0 bridgehead atoms. The van der Waals surface area contributed by atoms with Crippen LogP contribution in [0.1, 0.15) is 19.2 Å². The first-order valence-corrected chi connectivity index (χ1v) is 6.70. The van der Waals surface area contributed by atoms with Gasteiger partial charge < -0.3 is 9.30 Å². The lowest BCUT2D eigenvalue weighted by atomic mass is 10.3. The molecule has 1 heterocycles. The Balaban J connectivity index is 2.20. The minimum Gasteiger partial charge on any atom is -0.466 e. The van der Waals surface area contributed by atoms with Crippen LogP contribution in [0.5, 0.6) is 0 Å². The van der Waals surface area contributed by atoms with E-state index in [1.165, 1.54) is 6.92 Å². The minimum absolute atomic E-state index is 0.262. The molecule has 0 aliphatic carbocycles. The highest BCUT2D eigenvalue weighted by Gasteiger charge is 2.10. The zero-order valence-corrected chi connectivity index (χ0v) is 12.3. The lowest BCUT2D eigenvalue weighted by molar-refractivity contribution is -0.141. The van der Waals surface area contributed by atoms with Gasteiger partial charge in [-0.05, 0) is 25.5 Å². The van der Waals surface area contributed by atoms with Crippen molar-refractivity contribution in [3.63, 3.8) is 0 Å². The van der Waals surface area contributed by atoms with Crippen LogP contribution in [-0.2, 0) is 16.1 Å². The van der Waals surface area contributed by atoms with Crippen molar-refractivity contribution in [3.8, 4) is 0 Å². The summed E-state index contributed by atoms with van der Waals surface area (Å²) in [6.45, 7) is 4.44. The number of benzene rings is 1. The molecule has 0 radical (unpaired) electrons. The van der Waals surface area contributed by atoms with Gasteiger partial charge in [0.25, 0.3) is 0 Å². The smallest absolute Gasteiger partial charge is 0.302 e. The lowest BCUT2D eigenvalue weighted by Gasteiger charge is -2.07. The summed E-state index contributed by atoms with van der Waals surface area (Å²) in [7, 11) is 0. The summed E-state index contributed by atoms with van der Waals surface area (Å²) in [4.78, 5) is 15.1. The molecule has 0 unspecified atom stereocenters. The molecule has 1 aromatic heterocycles. The maximum absolute atomic E-state index is 10.7. The van der Waals surface area contributed by atoms with Crippen LogP contribution in [-0.4, -0.2) is 22.1 Å². The molecule has 0 atom stereocenters. The highest BCUT2D eigenvalue weighted by Crippen LogP contribution is 2.28. The third kappa shape index (κ3) is 3.19. The van der Waals surface area contributed by atoms with Gasteiger partial charge in [0, 0.05) is 13.5 Å². The Morgan fingerprint density at radius 2 is 2.05 bits per heavy atom. The predicted molar refractivity (Wildman–Crippen MR) is 75.7 cm³/mol. The van der Waals surface area contributed by atoms with Crippen molar-refractivity contribution in [2.45, 2.75) is 26.8 Å². The van der Waals surface area contributed by atoms with Crippen molar-refractivity contribution in [2.75, 3.05) is 6.61 Å². The van der Waals surface area contributed by atoms with Crippen LogP contribution in [0, 0.1) is 6.92 Å². The number of carbonyl (C=O) groups is 1. The van der Waals surface area contributed by atoms with Crippen molar-refractivity contribution in [1.29, 1.82) is 0 Å². The number of aromatic nitrogens is 2. The third-order valence-electron chi connectivity index (χ3n) is 2.81. The molecular formula is C13H14Cl2N2O2. The molecule has 2 aromatic rings. The first-order valence-electron chi connectivity index (χ1n) is 5.94. The molecule has 4 nitrogen and oxygen atoms in total. The topological polar surface area (TPSA) is 44.1 Å². The summed E-state index contributed by atoms with van der Waals surface area (Å²) in [6.07, 6.45) is 0.728. The number of esters is 1. The van der Waals surface area contributed by atoms with E-state index in [1.807, 2.05) is 17.6 Å². The van der Waals surface area contributed by atoms with E-state index >= 15 is 0 Å². The number of aryl methyl sites for hydroxylation is 2. The highest BCUT2D eigenvalue weighted by molar-refractivity contribution is 6.42. The van der Waals surface area contributed by atoms with Gasteiger partial charge in [0.1, 0.15) is 5.82 Å². The van der Waals surface area contributed by atoms with Gasteiger partial charge in [-0.25, -0.2) is 4.98 Å². The first-order chi connectivity index (χ1) is 8.99. The van der Waals surface area contributed by atoms with Gasteiger partial charge in [-0.3, -0.25) is 4.79 Å². The predicted octanol–water partition coefficient (Wildman–Crippen LogP) is 3.60. The van der Waals surface area contributed by atoms with E-state index in [1.54, 1.807) is 6.07 Å². The average Bonchev–Trinajstić information content (AvgIpc) is 2.61. The fraction of sp³-hybridized carbons (Fsp3) is 0.385. The normalized spacial score (nSPS) is 10.9. The summed E-state index contributed by atoms with van der Waals surface area (Å²) in [5, 5.41) is 1.01. The minimum atomic E-state index is -0.262. The second-order valence-corrected chi connectivity index (χ2v) is 5.07. The quantitative estimate of drug-likeness (QED) is 0.640. The standard InChI is InChI=1S/C13H14Cl2N2O2/c1-8-16-12-6-10(14)11(15)7-13(12)17(8)4-3-5-19-9(2)18/h6-7H,3-5H2,1-2H3. The van der Waals surface area contributed by atoms with Crippen molar-refractivity contribution in [2.24, 2.45) is 0 Å². The molecule has 19 heavy (non-hydrogen) atoms. The Bertz CT molecular complexity index is 623.